The molecule has 3 aromatic rings. The highest BCUT2D eigenvalue weighted by Crippen LogP contribution is 2.35. The predicted octanol–water partition coefficient (Wildman–Crippen LogP) is 5.12. The minimum Gasteiger partial charge on any atom is -0.493 e. The number of benzene rings is 3. The van der Waals surface area contributed by atoms with E-state index < -0.39 is 55.4 Å². The van der Waals surface area contributed by atoms with E-state index in [1.807, 2.05) is 0 Å². The number of anilines is 2. The molecule has 3 aromatic carbocycles. The number of halogens is 4. The average Bonchev–Trinajstić information content (AvgIpc) is 2.87. The van der Waals surface area contributed by atoms with Crippen molar-refractivity contribution < 1.29 is 40.8 Å². The molecule has 0 fully saturated rings. The second-order valence-corrected chi connectivity index (χ2v) is 9.82. The predicted molar refractivity (Wildman–Crippen MR) is 132 cm³/mol. The lowest BCUT2D eigenvalue weighted by atomic mass is 10.2. The zero-order valence-electron chi connectivity index (χ0n) is 19.7. The van der Waals surface area contributed by atoms with Crippen LogP contribution in [-0.4, -0.2) is 40.0 Å². The third kappa shape index (κ3) is 6.26. The molecule has 1 N–H and O–H groups in total. The summed E-state index contributed by atoms with van der Waals surface area (Å²) >= 11 is 6.00. The van der Waals surface area contributed by atoms with Crippen LogP contribution in [0, 0.1) is 10.1 Å². The van der Waals surface area contributed by atoms with Gasteiger partial charge in [-0.15, -0.1) is 0 Å². The Morgan fingerprint density at radius 3 is 2.34 bits per heavy atom. The quantitative estimate of drug-likeness (QED) is 0.278. The van der Waals surface area contributed by atoms with Gasteiger partial charge < -0.3 is 14.8 Å². The van der Waals surface area contributed by atoms with Crippen molar-refractivity contribution in [1.29, 1.82) is 0 Å². The summed E-state index contributed by atoms with van der Waals surface area (Å²) in [6.07, 6.45) is -4.80. The molecule has 0 atom stereocenters. The van der Waals surface area contributed by atoms with Crippen LogP contribution in [0.25, 0.3) is 0 Å². The number of amides is 1. The van der Waals surface area contributed by atoms with Crippen LogP contribution in [0.3, 0.4) is 0 Å². The summed E-state index contributed by atoms with van der Waals surface area (Å²) in [7, 11) is -2.08. The van der Waals surface area contributed by atoms with Crippen molar-refractivity contribution in [3.8, 4) is 11.5 Å². The van der Waals surface area contributed by atoms with Crippen LogP contribution < -0.4 is 19.1 Å². The highest BCUT2D eigenvalue weighted by Gasteiger charge is 2.33. The largest absolute Gasteiger partial charge is 0.493 e. The van der Waals surface area contributed by atoms with E-state index in [1.54, 1.807) is 0 Å². The molecule has 0 bridgehead atoms. The number of methoxy groups -OCH3 is 2. The fourth-order valence-corrected chi connectivity index (χ4v) is 4.89. The summed E-state index contributed by atoms with van der Waals surface area (Å²) in [5.74, 6) is -0.825. The molecule has 202 valence electrons. The molecule has 38 heavy (non-hydrogen) atoms. The number of rotatable bonds is 9. The smallest absolute Gasteiger partial charge is 0.416 e. The minimum atomic E-state index is -4.80. The molecule has 15 heteroatoms. The first-order valence-electron chi connectivity index (χ1n) is 10.4. The van der Waals surface area contributed by atoms with Gasteiger partial charge in [0.15, 0.2) is 11.5 Å². The molecule has 0 spiro atoms. The number of non-ortho nitro benzene ring substituents is 1. The summed E-state index contributed by atoms with van der Waals surface area (Å²) in [5, 5.41) is 13.2. The van der Waals surface area contributed by atoms with Gasteiger partial charge in [-0.05, 0) is 36.4 Å². The maximum absolute atomic E-state index is 13.6. The summed E-state index contributed by atoms with van der Waals surface area (Å²) in [6.45, 7) is -1.00. The Bertz CT molecular complexity index is 1480. The van der Waals surface area contributed by atoms with Crippen molar-refractivity contribution in [3.05, 3.63) is 81.4 Å². The highest BCUT2D eigenvalue weighted by molar-refractivity contribution is 7.92. The number of carbonyl (C=O) groups excluding carboxylic acids is 1. The number of hydrogen-bond acceptors (Lipinski definition) is 7. The molecule has 1 amide bonds. The maximum atomic E-state index is 13.6. The SMILES string of the molecule is COc1ccc(S(=O)(=O)N(CC(=O)Nc2cc([N+](=O)[O-])ccc2Cl)c2cccc(C(F)(F)F)c2)cc1OC. The molecule has 0 aliphatic heterocycles. The molecular weight excluding hydrogens is 555 g/mol. The zero-order chi connectivity index (χ0) is 28.3. The Hall–Kier alpha value is -4.04. The van der Waals surface area contributed by atoms with Gasteiger partial charge in [-0.25, -0.2) is 8.42 Å². The second kappa shape index (κ2) is 11.1. The molecule has 0 unspecified atom stereocenters. The number of carbonyl (C=O) groups is 1. The molecular formula is C23H19ClF3N3O7S. The van der Waals surface area contributed by atoms with Gasteiger partial charge in [0, 0.05) is 18.2 Å². The van der Waals surface area contributed by atoms with Gasteiger partial charge in [0.1, 0.15) is 6.54 Å². The van der Waals surface area contributed by atoms with Gasteiger partial charge in [-0.2, -0.15) is 13.2 Å². The lowest BCUT2D eigenvalue weighted by Gasteiger charge is -2.25. The van der Waals surface area contributed by atoms with Gasteiger partial charge >= 0.3 is 6.18 Å². The number of hydrogen-bond donors (Lipinski definition) is 1. The lowest BCUT2D eigenvalue weighted by molar-refractivity contribution is -0.384. The van der Waals surface area contributed by atoms with E-state index in [0.29, 0.717) is 10.4 Å². The van der Waals surface area contributed by atoms with E-state index >= 15 is 0 Å². The van der Waals surface area contributed by atoms with Crippen LogP contribution in [0.4, 0.5) is 30.2 Å². The average molecular weight is 574 g/mol. The first kappa shape index (κ1) is 28.5. The molecule has 0 aromatic heterocycles. The Balaban J connectivity index is 2.08. The first-order chi connectivity index (χ1) is 17.8. The molecule has 0 saturated heterocycles. The fraction of sp³-hybridized carbons (Fsp3) is 0.174. The van der Waals surface area contributed by atoms with E-state index in [1.165, 1.54) is 20.3 Å². The fourth-order valence-electron chi connectivity index (χ4n) is 3.30. The van der Waals surface area contributed by atoms with Gasteiger partial charge in [0.25, 0.3) is 15.7 Å². The first-order valence-corrected chi connectivity index (χ1v) is 12.3. The molecule has 0 aliphatic rings. The van der Waals surface area contributed by atoms with E-state index in [9.17, 15) is 36.5 Å². The number of nitro benzene ring substituents is 1. The van der Waals surface area contributed by atoms with Crippen LogP contribution >= 0.6 is 11.6 Å². The minimum absolute atomic E-state index is 0.0189. The summed E-state index contributed by atoms with van der Waals surface area (Å²) in [5.41, 5.74) is -2.21. The number of sulfonamides is 1. The maximum Gasteiger partial charge on any atom is 0.416 e. The van der Waals surface area contributed by atoms with E-state index in [2.05, 4.69) is 5.32 Å². The number of nitro groups is 1. The number of nitrogens with one attached hydrogen (secondary N) is 1. The van der Waals surface area contributed by atoms with Gasteiger partial charge in [0.2, 0.25) is 5.91 Å². The van der Waals surface area contributed by atoms with Crippen molar-refractivity contribution in [2.24, 2.45) is 0 Å². The van der Waals surface area contributed by atoms with Crippen molar-refractivity contribution in [1.82, 2.24) is 0 Å². The van der Waals surface area contributed by atoms with Crippen LogP contribution in [0.5, 0.6) is 11.5 Å². The number of nitrogens with zero attached hydrogens (tertiary/aromatic N) is 2. The molecule has 0 radical (unpaired) electrons. The monoisotopic (exact) mass is 573 g/mol. The van der Waals surface area contributed by atoms with Gasteiger partial charge in [0.05, 0.1) is 46.0 Å². The van der Waals surface area contributed by atoms with Crippen LogP contribution in [0.15, 0.2) is 65.6 Å². The summed E-state index contributed by atoms with van der Waals surface area (Å²) < 4.78 is 78.0. The van der Waals surface area contributed by atoms with Crippen molar-refractivity contribution in [3.63, 3.8) is 0 Å². The summed E-state index contributed by atoms with van der Waals surface area (Å²) in [6, 6.07) is 10.1. The third-order valence-electron chi connectivity index (χ3n) is 5.13. The van der Waals surface area contributed by atoms with E-state index in [-0.39, 0.29) is 22.2 Å². The van der Waals surface area contributed by atoms with Crippen LogP contribution in [-0.2, 0) is 21.0 Å². The van der Waals surface area contributed by atoms with E-state index in [0.717, 1.165) is 48.5 Å². The van der Waals surface area contributed by atoms with Crippen molar-refractivity contribution in [2.75, 3.05) is 30.4 Å². The standard InChI is InChI=1S/C23H19ClF3N3O7S/c1-36-20-9-7-17(12-21(20)37-2)38(34,35)29(15-5-3-4-14(10-15)23(25,26)27)13-22(31)28-19-11-16(30(32)33)6-8-18(19)24/h3-12H,13H2,1-2H3,(H,28,31). The molecule has 0 saturated carbocycles. The highest BCUT2D eigenvalue weighted by atomic mass is 35.5. The zero-order valence-corrected chi connectivity index (χ0v) is 21.2. The van der Waals surface area contributed by atoms with Gasteiger partial charge in [-0.3, -0.25) is 19.2 Å². The second-order valence-electron chi connectivity index (χ2n) is 7.55. The van der Waals surface area contributed by atoms with Gasteiger partial charge in [-0.1, -0.05) is 17.7 Å². The Morgan fingerprint density at radius 1 is 1.05 bits per heavy atom. The normalized spacial score (nSPS) is 11.5. The Labute approximate surface area is 219 Å². The summed E-state index contributed by atoms with van der Waals surface area (Å²) in [4.78, 5) is 22.8. The lowest BCUT2D eigenvalue weighted by Crippen LogP contribution is -2.38. The van der Waals surface area contributed by atoms with Crippen LogP contribution in [0.2, 0.25) is 5.02 Å². The molecule has 0 heterocycles. The van der Waals surface area contributed by atoms with Crippen molar-refractivity contribution in [2.45, 2.75) is 11.1 Å². The number of alkyl halides is 3. The van der Waals surface area contributed by atoms with Crippen molar-refractivity contribution >= 4 is 44.6 Å². The Kier molecular flexibility index (Phi) is 8.37. The third-order valence-corrected chi connectivity index (χ3v) is 7.23. The van der Waals surface area contributed by atoms with Crippen LogP contribution in [0.1, 0.15) is 5.56 Å². The molecule has 3 rings (SSSR count). The molecule has 0 aliphatic carbocycles. The molecule has 10 nitrogen and oxygen atoms in total. The number of ether oxygens (including phenoxy) is 2. The Morgan fingerprint density at radius 2 is 1.74 bits per heavy atom. The topological polar surface area (TPSA) is 128 Å². The van der Waals surface area contributed by atoms with E-state index in [4.69, 9.17) is 21.1 Å².